The monoisotopic (exact) mass is 402 g/mol. The number of hydrogen-bond donors (Lipinski definition) is 0. The highest BCUT2D eigenvalue weighted by molar-refractivity contribution is 5.79. The lowest BCUT2D eigenvalue weighted by molar-refractivity contribution is -0.122. The number of ether oxygens (including phenoxy) is 1. The van der Waals surface area contributed by atoms with Crippen molar-refractivity contribution in [2.45, 2.75) is 103 Å². The fourth-order valence-electron chi connectivity index (χ4n) is 6.92. The fraction of sp³-hybridized carbons (Fsp3) is 0.923. The molecule has 0 amide bonds. The molecule has 4 rings (SSSR count). The van der Waals surface area contributed by atoms with E-state index in [0.29, 0.717) is 11.6 Å². The summed E-state index contributed by atoms with van der Waals surface area (Å²) in [5, 5.41) is 0. The third-order valence-corrected chi connectivity index (χ3v) is 9.00. The van der Waals surface area contributed by atoms with E-state index in [9.17, 15) is 9.59 Å². The lowest BCUT2D eigenvalue weighted by Crippen LogP contribution is -2.28. The Morgan fingerprint density at radius 2 is 0.793 bits per heavy atom. The average Bonchev–Trinajstić information content (AvgIpc) is 2.76. The Labute approximate surface area is 177 Å². The third-order valence-electron chi connectivity index (χ3n) is 9.00. The van der Waals surface area contributed by atoms with Crippen LogP contribution in [0.25, 0.3) is 0 Å². The van der Waals surface area contributed by atoms with Crippen molar-refractivity contribution in [3.63, 3.8) is 0 Å². The summed E-state index contributed by atoms with van der Waals surface area (Å²) in [6.45, 7) is 1.95. The van der Waals surface area contributed by atoms with Crippen molar-refractivity contribution in [3.8, 4) is 0 Å². The van der Waals surface area contributed by atoms with Gasteiger partial charge in [-0.05, 0) is 113 Å². The van der Waals surface area contributed by atoms with Gasteiger partial charge in [-0.3, -0.25) is 9.59 Å². The van der Waals surface area contributed by atoms with Gasteiger partial charge in [-0.2, -0.15) is 0 Å². The first-order valence-corrected chi connectivity index (χ1v) is 12.8. The molecule has 0 heterocycles. The number of carbonyl (C=O) groups excluding carboxylic acids is 2. The van der Waals surface area contributed by atoms with Gasteiger partial charge in [0.25, 0.3) is 0 Å². The Balaban J connectivity index is 1.07. The van der Waals surface area contributed by atoms with Gasteiger partial charge in [-0.15, -0.1) is 0 Å². The molecule has 0 aromatic rings. The summed E-state index contributed by atoms with van der Waals surface area (Å²) in [6.07, 6.45) is 18.8. The minimum absolute atomic E-state index is 0.492. The van der Waals surface area contributed by atoms with Crippen LogP contribution in [0.1, 0.15) is 103 Å². The summed E-state index contributed by atoms with van der Waals surface area (Å²) < 4.78 is 6.21. The van der Waals surface area contributed by atoms with Crippen LogP contribution < -0.4 is 0 Å². The number of rotatable bonds is 6. The van der Waals surface area contributed by atoms with Crippen molar-refractivity contribution in [1.29, 1.82) is 0 Å². The Bertz CT molecular complexity index is 472. The Hall–Kier alpha value is -0.700. The number of hydrogen-bond acceptors (Lipinski definition) is 3. The first kappa shape index (κ1) is 21.5. The van der Waals surface area contributed by atoms with Crippen LogP contribution in [0.15, 0.2) is 0 Å². The molecular formula is C26H42O3. The van der Waals surface area contributed by atoms with Crippen molar-refractivity contribution < 1.29 is 14.3 Å². The van der Waals surface area contributed by atoms with E-state index in [4.69, 9.17) is 4.74 Å². The molecule has 164 valence electrons. The zero-order valence-corrected chi connectivity index (χ0v) is 18.4. The number of carbonyl (C=O) groups is 2. The van der Waals surface area contributed by atoms with E-state index in [-0.39, 0.29) is 0 Å². The van der Waals surface area contributed by atoms with E-state index < -0.39 is 0 Å². The van der Waals surface area contributed by atoms with E-state index in [1.807, 2.05) is 0 Å². The zero-order chi connectivity index (χ0) is 20.1. The van der Waals surface area contributed by atoms with Crippen LogP contribution in [0, 0.1) is 35.5 Å². The lowest BCUT2D eigenvalue weighted by Gasteiger charge is -2.36. The van der Waals surface area contributed by atoms with Crippen LogP contribution in [-0.2, 0) is 14.3 Å². The second-order valence-electron chi connectivity index (χ2n) is 10.9. The van der Waals surface area contributed by atoms with E-state index in [2.05, 4.69) is 0 Å². The normalized spacial score (nSPS) is 35.7. The maximum absolute atomic E-state index is 11.5. The van der Waals surface area contributed by atoms with E-state index in [0.717, 1.165) is 100 Å². The maximum atomic E-state index is 11.5. The van der Waals surface area contributed by atoms with Gasteiger partial charge in [0.2, 0.25) is 0 Å². The molecule has 0 aliphatic heterocycles. The van der Waals surface area contributed by atoms with Crippen LogP contribution in [0.2, 0.25) is 0 Å². The summed E-state index contributed by atoms with van der Waals surface area (Å²) in [4.78, 5) is 22.9. The fourth-order valence-corrected chi connectivity index (χ4v) is 6.92. The molecular weight excluding hydrogens is 360 g/mol. The molecule has 0 radical (unpaired) electrons. The standard InChI is InChI=1S/C26H42O3/c27-25-13-9-23(10-14-25)21-5-1-19(2-6-21)17-29-18-20-3-7-22(8-4-20)24-11-15-26(28)16-12-24/h19-24H,1-18H2. The third kappa shape index (κ3) is 6.15. The van der Waals surface area contributed by atoms with Crippen molar-refractivity contribution in [3.05, 3.63) is 0 Å². The summed E-state index contributed by atoms with van der Waals surface area (Å²) in [7, 11) is 0. The SMILES string of the molecule is O=C1CCC(C2CCC(COCC3CCC(C4CCC(=O)CC4)CC3)CC2)CC1. The topological polar surface area (TPSA) is 43.4 Å². The molecule has 0 N–H and O–H groups in total. The van der Waals surface area contributed by atoms with Gasteiger partial charge in [0.15, 0.2) is 0 Å². The molecule has 29 heavy (non-hydrogen) atoms. The van der Waals surface area contributed by atoms with Gasteiger partial charge >= 0.3 is 0 Å². The quantitative estimate of drug-likeness (QED) is 0.536. The van der Waals surface area contributed by atoms with Crippen molar-refractivity contribution in [2.24, 2.45) is 35.5 Å². The van der Waals surface area contributed by atoms with Crippen molar-refractivity contribution in [1.82, 2.24) is 0 Å². The van der Waals surface area contributed by atoms with Crippen molar-refractivity contribution in [2.75, 3.05) is 13.2 Å². The molecule has 4 aliphatic rings. The van der Waals surface area contributed by atoms with E-state index >= 15 is 0 Å². The Kier molecular flexibility index (Phi) is 7.83. The molecule has 4 fully saturated rings. The Morgan fingerprint density at radius 3 is 1.14 bits per heavy atom. The zero-order valence-electron chi connectivity index (χ0n) is 18.4. The number of Topliss-reactive ketones (excluding diaryl/α,β-unsaturated/α-hetero) is 2. The average molecular weight is 403 g/mol. The largest absolute Gasteiger partial charge is 0.381 e. The van der Waals surface area contributed by atoms with E-state index in [1.165, 1.54) is 51.4 Å². The van der Waals surface area contributed by atoms with Gasteiger partial charge < -0.3 is 4.74 Å². The first-order chi connectivity index (χ1) is 14.2. The predicted octanol–water partition coefficient (Wildman–Crippen LogP) is 6.13. The van der Waals surface area contributed by atoms with Gasteiger partial charge in [0.1, 0.15) is 11.6 Å². The molecule has 0 aromatic carbocycles. The highest BCUT2D eigenvalue weighted by Gasteiger charge is 2.32. The molecule has 0 bridgehead atoms. The molecule has 0 atom stereocenters. The molecule has 0 unspecified atom stereocenters. The highest BCUT2D eigenvalue weighted by Crippen LogP contribution is 2.41. The lowest BCUT2D eigenvalue weighted by atomic mass is 9.71. The van der Waals surface area contributed by atoms with Crippen LogP contribution >= 0.6 is 0 Å². The van der Waals surface area contributed by atoms with Crippen LogP contribution in [0.3, 0.4) is 0 Å². The van der Waals surface area contributed by atoms with Crippen LogP contribution in [0.5, 0.6) is 0 Å². The smallest absolute Gasteiger partial charge is 0.132 e. The van der Waals surface area contributed by atoms with Gasteiger partial charge in [-0.1, -0.05) is 0 Å². The summed E-state index contributed by atoms with van der Waals surface area (Å²) in [5.41, 5.74) is 0. The highest BCUT2D eigenvalue weighted by atomic mass is 16.5. The van der Waals surface area contributed by atoms with Crippen LogP contribution in [0.4, 0.5) is 0 Å². The summed E-state index contributed by atoms with van der Waals surface area (Å²) in [5.74, 6) is 5.94. The summed E-state index contributed by atoms with van der Waals surface area (Å²) >= 11 is 0. The maximum Gasteiger partial charge on any atom is 0.132 e. The molecule has 0 spiro atoms. The Morgan fingerprint density at radius 1 is 0.483 bits per heavy atom. The van der Waals surface area contributed by atoms with Gasteiger partial charge in [0, 0.05) is 38.9 Å². The molecule has 3 nitrogen and oxygen atoms in total. The minimum Gasteiger partial charge on any atom is -0.381 e. The van der Waals surface area contributed by atoms with E-state index in [1.54, 1.807) is 0 Å². The molecule has 0 aromatic heterocycles. The van der Waals surface area contributed by atoms with Crippen molar-refractivity contribution >= 4 is 11.6 Å². The van der Waals surface area contributed by atoms with Gasteiger partial charge in [-0.25, -0.2) is 0 Å². The molecule has 3 heteroatoms. The first-order valence-electron chi connectivity index (χ1n) is 12.8. The molecule has 4 aliphatic carbocycles. The van der Waals surface area contributed by atoms with Gasteiger partial charge in [0.05, 0.1) is 0 Å². The molecule has 0 saturated heterocycles. The summed E-state index contributed by atoms with van der Waals surface area (Å²) in [6, 6.07) is 0. The molecule has 4 saturated carbocycles. The second kappa shape index (κ2) is 10.6. The van der Waals surface area contributed by atoms with Crippen LogP contribution in [-0.4, -0.2) is 24.8 Å². The predicted molar refractivity (Wildman–Crippen MR) is 116 cm³/mol. The second-order valence-corrected chi connectivity index (χ2v) is 10.9. The number of ketones is 2. The minimum atomic E-state index is 0.492.